The minimum Gasteiger partial charge on any atom is -0.337 e. The molecule has 0 amide bonds. The van der Waals surface area contributed by atoms with E-state index in [0.717, 1.165) is 0 Å². The van der Waals surface area contributed by atoms with Gasteiger partial charge in [0.2, 0.25) is 5.78 Å². The van der Waals surface area contributed by atoms with E-state index >= 15 is 0 Å². The van der Waals surface area contributed by atoms with Crippen molar-refractivity contribution in [2.75, 3.05) is 0 Å². The van der Waals surface area contributed by atoms with Gasteiger partial charge in [-0.3, -0.25) is 4.79 Å². The Balaban J connectivity index is 2.58. The van der Waals surface area contributed by atoms with Crippen LogP contribution in [0.15, 0.2) is 60.7 Å². The van der Waals surface area contributed by atoms with Crippen LogP contribution >= 0.6 is 0 Å². The van der Waals surface area contributed by atoms with Gasteiger partial charge < -0.3 is 9.47 Å². The van der Waals surface area contributed by atoms with Gasteiger partial charge >= 0.3 is 0 Å². The molecule has 0 spiro atoms. The lowest BCUT2D eigenvalue weighted by atomic mass is 9.95. The fraction of sp³-hybridized carbons (Fsp3) is 0.350. The Bertz CT molecular complexity index is 608. The Kier molecular flexibility index (Phi) is 5.69. The molecule has 0 aliphatic heterocycles. The summed E-state index contributed by atoms with van der Waals surface area (Å²) >= 11 is 0. The van der Waals surface area contributed by atoms with Gasteiger partial charge in [-0.2, -0.15) is 0 Å². The molecule has 3 nitrogen and oxygen atoms in total. The summed E-state index contributed by atoms with van der Waals surface area (Å²) in [6.07, 6.45) is -0.330. The molecule has 0 aromatic heterocycles. The van der Waals surface area contributed by atoms with Crippen LogP contribution in [0.5, 0.6) is 0 Å². The highest BCUT2D eigenvalue weighted by Gasteiger charge is 2.45. The van der Waals surface area contributed by atoms with Crippen LogP contribution in [0.2, 0.25) is 0 Å². The molecule has 0 saturated heterocycles. The second-order valence-electron chi connectivity index (χ2n) is 6.01. The van der Waals surface area contributed by atoms with E-state index in [4.69, 9.17) is 9.47 Å². The highest BCUT2D eigenvalue weighted by molar-refractivity contribution is 6.02. The van der Waals surface area contributed by atoms with Crippen molar-refractivity contribution < 1.29 is 14.3 Å². The van der Waals surface area contributed by atoms with E-state index in [0.29, 0.717) is 11.1 Å². The summed E-state index contributed by atoms with van der Waals surface area (Å²) in [5.41, 5.74) is 1.27. The molecule has 2 aromatic rings. The predicted molar refractivity (Wildman–Crippen MR) is 91.3 cm³/mol. The van der Waals surface area contributed by atoms with E-state index in [1.165, 1.54) is 0 Å². The Labute approximate surface area is 138 Å². The Morgan fingerprint density at radius 3 is 1.65 bits per heavy atom. The molecular formula is C20H24O3. The van der Waals surface area contributed by atoms with Crippen molar-refractivity contribution >= 4 is 5.78 Å². The molecule has 122 valence electrons. The smallest absolute Gasteiger partial charge is 0.261 e. The Morgan fingerprint density at radius 2 is 1.22 bits per heavy atom. The topological polar surface area (TPSA) is 35.5 Å². The highest BCUT2D eigenvalue weighted by Crippen LogP contribution is 2.34. The van der Waals surface area contributed by atoms with Crippen LogP contribution in [-0.2, 0) is 15.3 Å². The fourth-order valence-corrected chi connectivity index (χ4v) is 2.50. The molecule has 0 heterocycles. The van der Waals surface area contributed by atoms with Crippen molar-refractivity contribution in [2.24, 2.45) is 0 Å². The molecule has 0 unspecified atom stereocenters. The average Bonchev–Trinajstić information content (AvgIpc) is 2.54. The van der Waals surface area contributed by atoms with E-state index < -0.39 is 5.79 Å². The number of carbonyl (C=O) groups is 1. The van der Waals surface area contributed by atoms with Crippen LogP contribution < -0.4 is 0 Å². The zero-order valence-corrected chi connectivity index (χ0v) is 14.2. The third kappa shape index (κ3) is 4.06. The van der Waals surface area contributed by atoms with E-state index in [1.807, 2.05) is 76.2 Å². The molecule has 0 fully saturated rings. The largest absolute Gasteiger partial charge is 0.337 e. The Hall–Kier alpha value is -1.97. The summed E-state index contributed by atoms with van der Waals surface area (Å²) < 4.78 is 12.2. The van der Waals surface area contributed by atoms with Gasteiger partial charge in [-0.1, -0.05) is 60.7 Å². The maximum Gasteiger partial charge on any atom is 0.261 e. The quantitative estimate of drug-likeness (QED) is 0.555. The second-order valence-corrected chi connectivity index (χ2v) is 6.01. The van der Waals surface area contributed by atoms with Gasteiger partial charge in [0.1, 0.15) is 0 Å². The van der Waals surface area contributed by atoms with E-state index in [2.05, 4.69) is 0 Å². The summed E-state index contributed by atoms with van der Waals surface area (Å²) in [6, 6.07) is 18.5. The SMILES string of the molecule is CC(C)OC(OC(C)C)(C(=O)c1ccccc1)c1ccccc1. The normalized spacial score (nSPS) is 11.9. The second kappa shape index (κ2) is 7.53. The minimum atomic E-state index is -1.44. The summed E-state index contributed by atoms with van der Waals surface area (Å²) in [7, 11) is 0. The molecule has 0 bridgehead atoms. The number of benzene rings is 2. The molecule has 0 atom stereocenters. The number of ketones is 1. The first kappa shape index (κ1) is 17.4. The fourth-order valence-electron chi connectivity index (χ4n) is 2.50. The number of hydrogen-bond donors (Lipinski definition) is 0. The van der Waals surface area contributed by atoms with Gasteiger partial charge in [-0.15, -0.1) is 0 Å². The van der Waals surface area contributed by atoms with Crippen LogP contribution in [-0.4, -0.2) is 18.0 Å². The zero-order chi connectivity index (χ0) is 16.9. The zero-order valence-electron chi connectivity index (χ0n) is 14.2. The lowest BCUT2D eigenvalue weighted by molar-refractivity contribution is -0.242. The predicted octanol–water partition coefficient (Wildman–Crippen LogP) is 4.57. The van der Waals surface area contributed by atoms with Crippen LogP contribution in [0.1, 0.15) is 43.6 Å². The van der Waals surface area contributed by atoms with Crippen molar-refractivity contribution in [1.29, 1.82) is 0 Å². The lowest BCUT2D eigenvalue weighted by Crippen LogP contribution is -2.45. The summed E-state index contributed by atoms with van der Waals surface area (Å²) in [6.45, 7) is 7.61. The van der Waals surface area contributed by atoms with Gasteiger partial charge in [0.05, 0.1) is 12.2 Å². The number of Topliss-reactive ketones (excluding diaryl/α,β-unsaturated/α-hetero) is 1. The van der Waals surface area contributed by atoms with Gasteiger partial charge in [0, 0.05) is 11.1 Å². The van der Waals surface area contributed by atoms with Gasteiger partial charge in [-0.25, -0.2) is 0 Å². The first-order chi connectivity index (χ1) is 11.0. The third-order valence-electron chi connectivity index (χ3n) is 3.29. The van der Waals surface area contributed by atoms with Crippen LogP contribution in [0.4, 0.5) is 0 Å². The van der Waals surface area contributed by atoms with Crippen LogP contribution in [0.25, 0.3) is 0 Å². The van der Waals surface area contributed by atoms with Crippen LogP contribution in [0.3, 0.4) is 0 Å². The third-order valence-corrected chi connectivity index (χ3v) is 3.29. The molecule has 0 N–H and O–H groups in total. The summed E-state index contributed by atoms with van der Waals surface area (Å²) in [5.74, 6) is -1.63. The number of rotatable bonds is 7. The van der Waals surface area contributed by atoms with Crippen molar-refractivity contribution in [3.05, 3.63) is 71.8 Å². The van der Waals surface area contributed by atoms with Crippen molar-refractivity contribution in [1.82, 2.24) is 0 Å². The number of ether oxygens (including phenoxy) is 2. The molecule has 0 radical (unpaired) electrons. The maximum atomic E-state index is 13.3. The summed E-state index contributed by atoms with van der Waals surface area (Å²) in [5, 5.41) is 0. The first-order valence-corrected chi connectivity index (χ1v) is 7.96. The molecule has 0 saturated carbocycles. The standard InChI is InChI=1S/C20H24O3/c1-15(2)22-20(23-16(3)4,18-13-9-6-10-14-18)19(21)17-11-7-5-8-12-17/h5-16H,1-4H3. The molecule has 2 aromatic carbocycles. The molecule has 0 aliphatic carbocycles. The number of carbonyl (C=O) groups excluding carboxylic acids is 1. The lowest BCUT2D eigenvalue weighted by Gasteiger charge is -2.36. The molecule has 3 heteroatoms. The monoisotopic (exact) mass is 312 g/mol. The van der Waals surface area contributed by atoms with Gasteiger partial charge in [0.15, 0.2) is 0 Å². The Morgan fingerprint density at radius 1 is 0.783 bits per heavy atom. The highest BCUT2D eigenvalue weighted by atomic mass is 16.7. The molecule has 2 rings (SSSR count). The van der Waals surface area contributed by atoms with E-state index in [1.54, 1.807) is 12.1 Å². The first-order valence-electron chi connectivity index (χ1n) is 7.96. The summed E-state index contributed by atoms with van der Waals surface area (Å²) in [4.78, 5) is 13.3. The molecule has 0 aliphatic rings. The van der Waals surface area contributed by atoms with E-state index in [-0.39, 0.29) is 18.0 Å². The van der Waals surface area contributed by atoms with Crippen molar-refractivity contribution in [3.63, 3.8) is 0 Å². The van der Waals surface area contributed by atoms with Crippen molar-refractivity contribution in [3.8, 4) is 0 Å². The maximum absolute atomic E-state index is 13.3. The van der Waals surface area contributed by atoms with Crippen LogP contribution in [0, 0.1) is 0 Å². The van der Waals surface area contributed by atoms with Gasteiger partial charge in [-0.05, 0) is 27.7 Å². The molecular weight excluding hydrogens is 288 g/mol. The molecule has 23 heavy (non-hydrogen) atoms. The van der Waals surface area contributed by atoms with E-state index in [9.17, 15) is 4.79 Å². The number of hydrogen-bond acceptors (Lipinski definition) is 3. The van der Waals surface area contributed by atoms with Crippen molar-refractivity contribution in [2.45, 2.75) is 45.7 Å². The minimum absolute atomic E-state index is 0.165. The average molecular weight is 312 g/mol. The van der Waals surface area contributed by atoms with Gasteiger partial charge in [0.25, 0.3) is 5.79 Å².